The molecule has 3 amide bonds. The number of ether oxygens (including phenoxy) is 2. The van der Waals surface area contributed by atoms with Crippen LogP contribution in [-0.2, 0) is 0 Å². The first-order valence-corrected chi connectivity index (χ1v) is 9.48. The number of carbonyl (C=O) groups excluding carboxylic acids is 2. The first kappa shape index (κ1) is 22.3. The van der Waals surface area contributed by atoms with Crippen molar-refractivity contribution in [3.05, 3.63) is 83.7 Å². The second kappa shape index (κ2) is 10.6. The number of hydrogen-bond donors (Lipinski definition) is 3. The van der Waals surface area contributed by atoms with Crippen molar-refractivity contribution in [2.45, 2.75) is 0 Å². The molecule has 0 aliphatic heterocycles. The van der Waals surface area contributed by atoms with Gasteiger partial charge in [0.25, 0.3) is 5.91 Å². The third-order valence-corrected chi connectivity index (χ3v) is 4.31. The highest BCUT2D eigenvalue weighted by molar-refractivity contribution is 6.00. The number of para-hydroxylation sites is 1. The summed E-state index contributed by atoms with van der Waals surface area (Å²) in [5, 5.41) is 8.92. The Kier molecular flexibility index (Phi) is 7.37. The summed E-state index contributed by atoms with van der Waals surface area (Å²) in [6, 6.07) is 16.6. The lowest BCUT2D eigenvalue weighted by atomic mass is 10.2. The molecule has 0 aliphatic rings. The van der Waals surface area contributed by atoms with Gasteiger partial charge in [0.15, 0.2) is 11.5 Å². The molecule has 3 rings (SSSR count). The molecular formula is C23H21FN4O4. The van der Waals surface area contributed by atoms with Crippen LogP contribution in [0, 0.1) is 5.82 Å². The Hall–Kier alpha value is -4.40. The zero-order valence-electron chi connectivity index (χ0n) is 17.4. The van der Waals surface area contributed by atoms with E-state index in [2.05, 4.69) is 21.2 Å². The fourth-order valence-electron chi connectivity index (χ4n) is 2.72. The molecule has 0 radical (unpaired) electrons. The lowest BCUT2D eigenvalue weighted by Crippen LogP contribution is -2.20. The van der Waals surface area contributed by atoms with Gasteiger partial charge >= 0.3 is 6.03 Å². The monoisotopic (exact) mass is 436 g/mol. The Morgan fingerprint density at radius 1 is 0.906 bits per heavy atom. The van der Waals surface area contributed by atoms with Crippen LogP contribution in [0.15, 0.2) is 71.8 Å². The number of urea groups is 1. The van der Waals surface area contributed by atoms with E-state index in [0.717, 1.165) is 0 Å². The third kappa shape index (κ3) is 5.82. The molecule has 0 unspecified atom stereocenters. The number of nitrogens with zero attached hydrogens (tertiary/aromatic N) is 1. The zero-order valence-corrected chi connectivity index (χ0v) is 17.4. The Morgan fingerprint density at radius 2 is 1.62 bits per heavy atom. The highest BCUT2D eigenvalue weighted by Gasteiger charge is 2.08. The smallest absolute Gasteiger partial charge is 0.323 e. The van der Waals surface area contributed by atoms with Gasteiger partial charge in [-0.3, -0.25) is 4.79 Å². The van der Waals surface area contributed by atoms with E-state index in [0.29, 0.717) is 28.3 Å². The van der Waals surface area contributed by atoms with Gasteiger partial charge in [0.2, 0.25) is 0 Å². The predicted octanol–water partition coefficient (Wildman–Crippen LogP) is 4.25. The number of hydrogen-bond acceptors (Lipinski definition) is 5. The van der Waals surface area contributed by atoms with Crippen LogP contribution >= 0.6 is 0 Å². The van der Waals surface area contributed by atoms with E-state index in [9.17, 15) is 14.0 Å². The van der Waals surface area contributed by atoms with Gasteiger partial charge in [0, 0.05) is 11.3 Å². The van der Waals surface area contributed by atoms with E-state index in [4.69, 9.17) is 9.47 Å². The maximum absolute atomic E-state index is 13.6. The summed E-state index contributed by atoms with van der Waals surface area (Å²) >= 11 is 0. The van der Waals surface area contributed by atoms with E-state index in [1.165, 1.54) is 43.7 Å². The molecule has 0 atom stereocenters. The molecule has 3 N–H and O–H groups in total. The van der Waals surface area contributed by atoms with Gasteiger partial charge in [-0.2, -0.15) is 5.10 Å². The van der Waals surface area contributed by atoms with Crippen molar-refractivity contribution in [3.8, 4) is 11.5 Å². The van der Waals surface area contributed by atoms with E-state index >= 15 is 0 Å². The molecule has 0 aromatic heterocycles. The summed E-state index contributed by atoms with van der Waals surface area (Å²) in [7, 11) is 3.07. The predicted molar refractivity (Wildman–Crippen MR) is 120 cm³/mol. The molecule has 3 aromatic rings. The maximum atomic E-state index is 13.6. The lowest BCUT2D eigenvalue weighted by molar-refractivity contribution is 0.0955. The normalized spacial score (nSPS) is 10.5. The molecule has 0 bridgehead atoms. The molecule has 0 heterocycles. The number of rotatable bonds is 7. The highest BCUT2D eigenvalue weighted by atomic mass is 19.1. The number of amides is 3. The van der Waals surface area contributed by atoms with Crippen LogP contribution in [0.4, 0.5) is 20.6 Å². The molecule has 0 saturated carbocycles. The second-order valence-corrected chi connectivity index (χ2v) is 6.45. The molecule has 164 valence electrons. The minimum atomic E-state index is -0.605. The number of halogens is 1. The lowest BCUT2D eigenvalue weighted by Gasteiger charge is -2.09. The van der Waals surface area contributed by atoms with Crippen LogP contribution in [0.25, 0.3) is 0 Å². The fraction of sp³-hybridized carbons (Fsp3) is 0.0870. The van der Waals surface area contributed by atoms with Crippen LogP contribution in [0.3, 0.4) is 0 Å². The van der Waals surface area contributed by atoms with Crippen LogP contribution < -0.4 is 25.5 Å². The van der Waals surface area contributed by atoms with Gasteiger partial charge in [0.1, 0.15) is 5.82 Å². The van der Waals surface area contributed by atoms with E-state index in [-0.39, 0.29) is 5.69 Å². The molecule has 0 aliphatic carbocycles. The van der Waals surface area contributed by atoms with Crippen LogP contribution in [0.1, 0.15) is 15.9 Å². The van der Waals surface area contributed by atoms with E-state index < -0.39 is 17.8 Å². The van der Waals surface area contributed by atoms with Crippen molar-refractivity contribution in [2.75, 3.05) is 24.9 Å². The highest BCUT2D eigenvalue weighted by Crippen LogP contribution is 2.26. The Labute approximate surface area is 184 Å². The minimum absolute atomic E-state index is 0.0633. The van der Waals surface area contributed by atoms with Gasteiger partial charge in [-0.15, -0.1) is 0 Å². The van der Waals surface area contributed by atoms with Gasteiger partial charge in [-0.05, 0) is 60.2 Å². The Morgan fingerprint density at radius 3 is 2.31 bits per heavy atom. The summed E-state index contributed by atoms with van der Waals surface area (Å²) in [6.07, 6.45) is 1.48. The number of carbonyl (C=O) groups is 2. The van der Waals surface area contributed by atoms with Gasteiger partial charge in [-0.25, -0.2) is 14.6 Å². The minimum Gasteiger partial charge on any atom is -0.493 e. The van der Waals surface area contributed by atoms with Crippen LogP contribution in [-0.4, -0.2) is 32.4 Å². The summed E-state index contributed by atoms with van der Waals surface area (Å²) in [5.74, 6) is 0.169. The van der Waals surface area contributed by atoms with Crippen LogP contribution in [0.5, 0.6) is 11.5 Å². The van der Waals surface area contributed by atoms with Crippen molar-refractivity contribution < 1.29 is 23.5 Å². The molecular weight excluding hydrogens is 415 g/mol. The average Bonchev–Trinajstić information content (AvgIpc) is 2.80. The van der Waals surface area contributed by atoms with E-state index in [1.807, 2.05) is 0 Å². The summed E-state index contributed by atoms with van der Waals surface area (Å²) in [5.41, 5.74) is 3.98. The molecule has 0 saturated heterocycles. The summed E-state index contributed by atoms with van der Waals surface area (Å²) in [4.78, 5) is 24.3. The standard InChI is InChI=1S/C23H21FN4O4/c1-31-20-12-7-15(13-21(20)32-2)14-25-28-22(29)16-8-10-17(11-9-16)26-23(30)27-19-6-4-3-5-18(19)24/h3-14H,1-2H3,(H,28,29)(H2,26,27,30)/b25-14-. The zero-order chi connectivity index (χ0) is 22.9. The first-order chi connectivity index (χ1) is 15.5. The maximum Gasteiger partial charge on any atom is 0.323 e. The number of nitrogens with one attached hydrogen (secondary N) is 3. The van der Waals surface area contributed by atoms with Crippen molar-refractivity contribution in [1.29, 1.82) is 0 Å². The third-order valence-electron chi connectivity index (χ3n) is 4.31. The number of methoxy groups -OCH3 is 2. The Bertz CT molecular complexity index is 1130. The van der Waals surface area contributed by atoms with Crippen LogP contribution in [0.2, 0.25) is 0 Å². The number of hydrazone groups is 1. The molecule has 32 heavy (non-hydrogen) atoms. The van der Waals surface area contributed by atoms with Crippen molar-refractivity contribution in [2.24, 2.45) is 5.10 Å². The molecule has 8 nitrogen and oxygen atoms in total. The van der Waals surface area contributed by atoms with Gasteiger partial charge in [-0.1, -0.05) is 12.1 Å². The van der Waals surface area contributed by atoms with Gasteiger partial charge < -0.3 is 20.1 Å². The van der Waals surface area contributed by atoms with Crippen molar-refractivity contribution >= 4 is 29.5 Å². The average molecular weight is 436 g/mol. The Balaban J connectivity index is 1.55. The van der Waals surface area contributed by atoms with E-state index in [1.54, 1.807) is 43.5 Å². The summed E-state index contributed by atoms with van der Waals surface area (Å²) in [6.45, 7) is 0. The quantitative estimate of drug-likeness (QED) is 0.381. The topological polar surface area (TPSA) is 101 Å². The molecule has 0 spiro atoms. The first-order valence-electron chi connectivity index (χ1n) is 9.48. The largest absolute Gasteiger partial charge is 0.493 e. The number of benzene rings is 3. The molecule has 0 fully saturated rings. The second-order valence-electron chi connectivity index (χ2n) is 6.45. The number of anilines is 2. The van der Waals surface area contributed by atoms with Crippen molar-refractivity contribution in [1.82, 2.24) is 5.43 Å². The molecule has 9 heteroatoms. The SMILES string of the molecule is COc1ccc(/C=N\NC(=O)c2ccc(NC(=O)Nc3ccccc3F)cc2)cc1OC. The fourth-order valence-corrected chi connectivity index (χ4v) is 2.72. The molecule has 3 aromatic carbocycles. The van der Waals surface area contributed by atoms with Gasteiger partial charge in [0.05, 0.1) is 26.1 Å². The summed E-state index contributed by atoms with van der Waals surface area (Å²) < 4.78 is 24.0. The van der Waals surface area contributed by atoms with Crippen molar-refractivity contribution in [3.63, 3.8) is 0 Å².